The van der Waals surface area contributed by atoms with E-state index in [1.165, 1.54) is 0 Å². The topological polar surface area (TPSA) is 38.1 Å². The van der Waals surface area contributed by atoms with E-state index in [0.717, 1.165) is 17.1 Å². The Kier molecular flexibility index (Phi) is 3.70. The van der Waals surface area contributed by atoms with Gasteiger partial charge in [0.1, 0.15) is 0 Å². The van der Waals surface area contributed by atoms with Crippen molar-refractivity contribution in [3.05, 3.63) is 47.3 Å². The molecule has 1 heterocycles. The molecule has 0 aliphatic rings. The van der Waals surface area contributed by atoms with E-state index in [1.807, 2.05) is 0 Å². The number of alkyl halides is 6. The summed E-state index contributed by atoms with van der Waals surface area (Å²) >= 11 is 0. The molecule has 0 atom stereocenters. The predicted octanol–water partition coefficient (Wildman–Crippen LogP) is 3.40. The summed E-state index contributed by atoms with van der Waals surface area (Å²) < 4.78 is 77.0. The second kappa shape index (κ2) is 5.06. The Balaban J connectivity index is 2.60. The average molecular weight is 310 g/mol. The van der Waals surface area contributed by atoms with Gasteiger partial charge in [0.25, 0.3) is 0 Å². The van der Waals surface area contributed by atoms with Crippen LogP contribution >= 0.6 is 0 Å². The number of benzene rings is 1. The lowest BCUT2D eigenvalue weighted by atomic mass is 10.1. The minimum atomic E-state index is -4.91. The molecule has 0 radical (unpaired) electrons. The molecule has 1 N–H and O–H groups in total. The van der Waals surface area contributed by atoms with Crippen molar-refractivity contribution in [2.24, 2.45) is 0 Å². The van der Waals surface area contributed by atoms with Crippen LogP contribution in [0.5, 0.6) is 0 Å². The molecule has 1 aromatic carbocycles. The fourth-order valence-electron chi connectivity index (χ4n) is 1.65. The van der Waals surface area contributed by atoms with Crippen molar-refractivity contribution in [1.82, 2.24) is 9.78 Å². The molecule has 1 aromatic heterocycles. The van der Waals surface area contributed by atoms with Gasteiger partial charge in [-0.25, -0.2) is 4.68 Å². The highest BCUT2D eigenvalue weighted by molar-refractivity contribution is 5.42. The fourth-order valence-corrected chi connectivity index (χ4v) is 1.65. The number of nitrogens with zero attached hydrogens (tertiary/aromatic N) is 2. The number of rotatable bonds is 2. The zero-order chi connectivity index (χ0) is 15.8. The Morgan fingerprint density at radius 3 is 1.86 bits per heavy atom. The van der Waals surface area contributed by atoms with E-state index in [4.69, 9.17) is 5.11 Å². The molecule has 0 saturated carbocycles. The van der Waals surface area contributed by atoms with E-state index in [-0.39, 0.29) is 11.6 Å². The molecule has 0 spiro atoms. The van der Waals surface area contributed by atoms with Gasteiger partial charge in [-0.3, -0.25) is 0 Å². The summed E-state index contributed by atoms with van der Waals surface area (Å²) in [6.45, 7) is -0.426. The molecule has 0 unspecified atom stereocenters. The SMILES string of the molecule is OCc1cnn(-c2cc(C(F)(F)F)cc(C(F)(F)F)c2)c1. The number of aliphatic hydroxyl groups excluding tert-OH is 1. The molecule has 0 aliphatic heterocycles. The highest BCUT2D eigenvalue weighted by atomic mass is 19.4. The van der Waals surface area contributed by atoms with Crippen molar-refractivity contribution in [3.63, 3.8) is 0 Å². The minimum absolute atomic E-state index is 0.0416. The Morgan fingerprint density at radius 1 is 0.952 bits per heavy atom. The number of aromatic nitrogens is 2. The number of hydrogen-bond acceptors (Lipinski definition) is 2. The smallest absolute Gasteiger partial charge is 0.392 e. The summed E-state index contributed by atoms with van der Waals surface area (Å²) in [6.07, 6.45) is -7.53. The standard InChI is InChI=1S/C12H8F6N2O/c13-11(14,15)8-1-9(12(16,17)18)3-10(2-8)20-5-7(6-21)4-19-20/h1-5,21H,6H2. The van der Waals surface area contributed by atoms with Gasteiger partial charge < -0.3 is 5.11 Å². The van der Waals surface area contributed by atoms with E-state index in [0.29, 0.717) is 12.1 Å². The van der Waals surface area contributed by atoms with Crippen LogP contribution in [0.25, 0.3) is 5.69 Å². The van der Waals surface area contributed by atoms with Gasteiger partial charge in [-0.2, -0.15) is 31.4 Å². The highest BCUT2D eigenvalue weighted by Crippen LogP contribution is 2.37. The average Bonchev–Trinajstić information content (AvgIpc) is 2.85. The largest absolute Gasteiger partial charge is 0.416 e. The van der Waals surface area contributed by atoms with E-state index in [1.54, 1.807) is 0 Å². The first-order valence-corrected chi connectivity index (χ1v) is 5.55. The van der Waals surface area contributed by atoms with Crippen molar-refractivity contribution >= 4 is 0 Å². The van der Waals surface area contributed by atoms with Crippen molar-refractivity contribution in [2.45, 2.75) is 19.0 Å². The predicted molar refractivity (Wildman–Crippen MR) is 59.5 cm³/mol. The van der Waals surface area contributed by atoms with Crippen LogP contribution < -0.4 is 0 Å². The lowest BCUT2D eigenvalue weighted by molar-refractivity contribution is -0.143. The summed E-state index contributed by atoms with van der Waals surface area (Å²) in [5.41, 5.74) is -2.97. The second-order valence-corrected chi connectivity index (χ2v) is 4.22. The van der Waals surface area contributed by atoms with Crippen LogP contribution in [0.15, 0.2) is 30.6 Å². The summed E-state index contributed by atoms with van der Waals surface area (Å²) in [5, 5.41) is 12.5. The van der Waals surface area contributed by atoms with Gasteiger partial charge >= 0.3 is 12.4 Å². The Labute approximate surface area is 114 Å². The Morgan fingerprint density at radius 2 is 1.48 bits per heavy atom. The van der Waals surface area contributed by atoms with E-state index in [2.05, 4.69) is 5.10 Å². The first-order chi connectivity index (χ1) is 9.61. The Hall–Kier alpha value is -2.03. The summed E-state index contributed by atoms with van der Waals surface area (Å²) in [5.74, 6) is 0. The van der Waals surface area contributed by atoms with Gasteiger partial charge in [0.2, 0.25) is 0 Å². The molecule has 0 aliphatic carbocycles. The van der Waals surface area contributed by atoms with Crippen molar-refractivity contribution < 1.29 is 31.4 Å². The van der Waals surface area contributed by atoms with E-state index < -0.39 is 35.8 Å². The summed E-state index contributed by atoms with van der Waals surface area (Å²) in [4.78, 5) is 0. The van der Waals surface area contributed by atoms with Gasteiger partial charge in [-0.15, -0.1) is 0 Å². The number of hydrogen-bond donors (Lipinski definition) is 1. The van der Waals surface area contributed by atoms with E-state index >= 15 is 0 Å². The molecule has 2 rings (SSSR count). The van der Waals surface area contributed by atoms with Gasteiger partial charge in [0.15, 0.2) is 0 Å². The second-order valence-electron chi connectivity index (χ2n) is 4.22. The monoisotopic (exact) mass is 310 g/mol. The van der Waals surface area contributed by atoms with Crippen molar-refractivity contribution in [1.29, 1.82) is 0 Å². The third-order valence-corrected chi connectivity index (χ3v) is 2.66. The molecule has 9 heteroatoms. The van der Waals surface area contributed by atoms with Crippen LogP contribution in [-0.4, -0.2) is 14.9 Å². The normalized spacial score (nSPS) is 12.7. The quantitative estimate of drug-likeness (QED) is 0.863. The van der Waals surface area contributed by atoms with Gasteiger partial charge in [0, 0.05) is 11.8 Å². The van der Waals surface area contributed by atoms with Gasteiger partial charge in [-0.05, 0) is 18.2 Å². The fraction of sp³-hybridized carbons (Fsp3) is 0.250. The summed E-state index contributed by atoms with van der Waals surface area (Å²) in [6, 6.07) is 1.16. The molecule has 0 saturated heterocycles. The van der Waals surface area contributed by atoms with Gasteiger partial charge in [-0.1, -0.05) is 0 Å². The number of halogens is 6. The van der Waals surface area contributed by atoms with Crippen LogP contribution in [0.3, 0.4) is 0 Å². The summed E-state index contributed by atoms with van der Waals surface area (Å²) in [7, 11) is 0. The van der Waals surface area contributed by atoms with Crippen LogP contribution in [0, 0.1) is 0 Å². The van der Waals surface area contributed by atoms with Gasteiger partial charge in [0.05, 0.1) is 29.6 Å². The Bertz CT molecular complexity index is 612. The lowest BCUT2D eigenvalue weighted by Crippen LogP contribution is -2.12. The first-order valence-electron chi connectivity index (χ1n) is 5.55. The maximum atomic E-state index is 12.7. The molecular formula is C12H8F6N2O. The molecule has 21 heavy (non-hydrogen) atoms. The highest BCUT2D eigenvalue weighted by Gasteiger charge is 2.37. The third kappa shape index (κ3) is 3.35. The van der Waals surface area contributed by atoms with Crippen LogP contribution in [-0.2, 0) is 19.0 Å². The first kappa shape index (κ1) is 15.4. The maximum Gasteiger partial charge on any atom is 0.416 e. The minimum Gasteiger partial charge on any atom is -0.392 e. The van der Waals surface area contributed by atoms with Crippen LogP contribution in [0.2, 0.25) is 0 Å². The maximum absolute atomic E-state index is 12.7. The zero-order valence-corrected chi connectivity index (χ0v) is 10.2. The molecule has 114 valence electrons. The van der Waals surface area contributed by atoms with Crippen LogP contribution in [0.1, 0.15) is 16.7 Å². The molecule has 2 aromatic rings. The molecule has 0 amide bonds. The zero-order valence-electron chi connectivity index (χ0n) is 10.2. The van der Waals surface area contributed by atoms with E-state index in [9.17, 15) is 26.3 Å². The van der Waals surface area contributed by atoms with Crippen molar-refractivity contribution in [3.8, 4) is 5.69 Å². The lowest BCUT2D eigenvalue weighted by Gasteiger charge is -2.14. The van der Waals surface area contributed by atoms with Crippen molar-refractivity contribution in [2.75, 3.05) is 0 Å². The molecule has 0 fully saturated rings. The van der Waals surface area contributed by atoms with Crippen LogP contribution in [0.4, 0.5) is 26.3 Å². The number of aliphatic hydroxyl groups is 1. The third-order valence-electron chi connectivity index (χ3n) is 2.66. The molecular weight excluding hydrogens is 302 g/mol. The molecule has 3 nitrogen and oxygen atoms in total. The molecule has 0 bridgehead atoms.